The lowest BCUT2D eigenvalue weighted by Gasteiger charge is -2.10. The van der Waals surface area contributed by atoms with Crippen LogP contribution in [0.5, 0.6) is 0 Å². The molecule has 1 amide bonds. The lowest BCUT2D eigenvalue weighted by molar-refractivity contribution is -0.159. The number of nitrogens with one attached hydrogen (secondary N) is 1. The van der Waals surface area contributed by atoms with E-state index in [-0.39, 0.29) is 5.69 Å². The summed E-state index contributed by atoms with van der Waals surface area (Å²) in [7, 11) is 0. The molecule has 0 heterocycles. The van der Waals surface area contributed by atoms with Crippen LogP contribution in [0, 0.1) is 0 Å². The van der Waals surface area contributed by atoms with Crippen LogP contribution in [0.15, 0.2) is 22.7 Å². The fourth-order valence-corrected chi connectivity index (χ4v) is 1.43. The highest BCUT2D eigenvalue weighted by Crippen LogP contribution is 2.30. The molecule has 0 radical (unpaired) electrons. The minimum atomic E-state index is -4.55. The number of ether oxygens (including phenoxy) is 1. The molecule has 0 aliphatic rings. The second-order valence-electron chi connectivity index (χ2n) is 2.92. The molecule has 0 aliphatic heterocycles. The van der Waals surface area contributed by atoms with Crippen LogP contribution in [-0.4, -0.2) is 18.9 Å². The van der Waals surface area contributed by atoms with Gasteiger partial charge in [-0.1, -0.05) is 17.7 Å². The molecular formula is C9H6BrClF3NO2. The summed E-state index contributed by atoms with van der Waals surface area (Å²) in [5.74, 6) is 0. The van der Waals surface area contributed by atoms with E-state index in [2.05, 4.69) is 26.0 Å². The Morgan fingerprint density at radius 3 is 2.71 bits per heavy atom. The average Bonchev–Trinajstić information content (AvgIpc) is 2.21. The zero-order valence-electron chi connectivity index (χ0n) is 8.15. The molecule has 0 fully saturated rings. The maximum Gasteiger partial charge on any atom is 0.422 e. The van der Waals surface area contributed by atoms with Crippen LogP contribution in [-0.2, 0) is 4.74 Å². The summed E-state index contributed by atoms with van der Waals surface area (Å²) < 4.78 is 39.6. The molecule has 0 saturated carbocycles. The Kier molecular flexibility index (Phi) is 4.64. The number of anilines is 1. The Labute approximate surface area is 108 Å². The Morgan fingerprint density at radius 1 is 1.47 bits per heavy atom. The van der Waals surface area contributed by atoms with E-state index in [1.165, 1.54) is 12.1 Å². The quantitative estimate of drug-likeness (QED) is 0.881. The van der Waals surface area contributed by atoms with Crippen LogP contribution in [0.2, 0.25) is 5.02 Å². The molecule has 1 N–H and O–H groups in total. The molecule has 0 saturated heterocycles. The van der Waals surface area contributed by atoms with Gasteiger partial charge in [-0.15, -0.1) is 0 Å². The molecule has 0 bridgehead atoms. The van der Waals surface area contributed by atoms with Crippen molar-refractivity contribution < 1.29 is 22.7 Å². The van der Waals surface area contributed by atoms with E-state index in [0.717, 1.165) is 0 Å². The summed E-state index contributed by atoms with van der Waals surface area (Å²) in [5.41, 5.74) is 0.227. The summed E-state index contributed by atoms with van der Waals surface area (Å²) >= 11 is 8.80. The van der Waals surface area contributed by atoms with Gasteiger partial charge in [-0.05, 0) is 28.1 Å². The van der Waals surface area contributed by atoms with Crippen molar-refractivity contribution in [1.29, 1.82) is 0 Å². The van der Waals surface area contributed by atoms with Gasteiger partial charge in [0.15, 0.2) is 6.61 Å². The van der Waals surface area contributed by atoms with Gasteiger partial charge in [0, 0.05) is 0 Å². The third-order valence-corrected chi connectivity index (χ3v) is 2.95. The minimum Gasteiger partial charge on any atom is -0.440 e. The first-order valence-corrected chi connectivity index (χ1v) is 5.41. The van der Waals surface area contributed by atoms with Crippen LogP contribution in [0.3, 0.4) is 0 Å². The van der Waals surface area contributed by atoms with E-state index in [1.54, 1.807) is 6.07 Å². The predicted octanol–water partition coefficient (Wildman–Crippen LogP) is 4.21. The number of benzene rings is 1. The largest absolute Gasteiger partial charge is 0.440 e. The first-order valence-electron chi connectivity index (χ1n) is 4.24. The van der Waals surface area contributed by atoms with Crippen molar-refractivity contribution in [3.8, 4) is 0 Å². The Hall–Kier alpha value is -0.950. The van der Waals surface area contributed by atoms with Gasteiger partial charge in [-0.3, -0.25) is 5.32 Å². The minimum absolute atomic E-state index is 0.227. The highest BCUT2D eigenvalue weighted by atomic mass is 79.9. The summed E-state index contributed by atoms with van der Waals surface area (Å²) in [4.78, 5) is 11.0. The third-order valence-electron chi connectivity index (χ3n) is 1.56. The zero-order valence-corrected chi connectivity index (χ0v) is 10.5. The summed E-state index contributed by atoms with van der Waals surface area (Å²) in [6.07, 6.45) is -5.76. The third kappa shape index (κ3) is 4.82. The SMILES string of the molecule is O=C(Nc1cccc(Cl)c1Br)OCC(F)(F)F. The number of hydrogen-bond donors (Lipinski definition) is 1. The average molecular weight is 333 g/mol. The number of carbonyl (C=O) groups is 1. The summed E-state index contributed by atoms with van der Waals surface area (Å²) in [6, 6.07) is 4.55. The predicted molar refractivity (Wildman–Crippen MR) is 60.2 cm³/mol. The molecule has 3 nitrogen and oxygen atoms in total. The molecule has 0 unspecified atom stereocenters. The molecule has 1 aromatic rings. The van der Waals surface area contributed by atoms with Crippen molar-refractivity contribution >= 4 is 39.3 Å². The van der Waals surface area contributed by atoms with Crippen molar-refractivity contribution in [2.75, 3.05) is 11.9 Å². The van der Waals surface area contributed by atoms with Crippen molar-refractivity contribution in [1.82, 2.24) is 0 Å². The van der Waals surface area contributed by atoms with Crippen molar-refractivity contribution in [2.45, 2.75) is 6.18 Å². The lowest BCUT2D eigenvalue weighted by Crippen LogP contribution is -2.23. The Morgan fingerprint density at radius 2 is 2.12 bits per heavy atom. The monoisotopic (exact) mass is 331 g/mol. The van der Waals surface area contributed by atoms with E-state index in [1.807, 2.05) is 0 Å². The second-order valence-corrected chi connectivity index (χ2v) is 4.12. The second kappa shape index (κ2) is 5.59. The standard InChI is InChI=1S/C9H6BrClF3NO2/c10-7-5(11)2-1-3-6(7)15-8(16)17-4-9(12,13)14/h1-3H,4H2,(H,15,16). The number of amides is 1. The van der Waals surface area contributed by atoms with Crippen molar-refractivity contribution in [2.24, 2.45) is 0 Å². The van der Waals surface area contributed by atoms with Gasteiger partial charge < -0.3 is 4.74 Å². The first-order chi connectivity index (χ1) is 7.79. The fraction of sp³-hybridized carbons (Fsp3) is 0.222. The van der Waals surface area contributed by atoms with Gasteiger partial charge in [-0.25, -0.2) is 4.79 Å². The van der Waals surface area contributed by atoms with Gasteiger partial charge in [0.2, 0.25) is 0 Å². The molecule has 0 aliphatic carbocycles. The highest BCUT2D eigenvalue weighted by Gasteiger charge is 2.29. The number of alkyl halides is 3. The van der Waals surface area contributed by atoms with Gasteiger partial charge in [-0.2, -0.15) is 13.2 Å². The van der Waals surface area contributed by atoms with Gasteiger partial charge in [0.1, 0.15) is 0 Å². The van der Waals surface area contributed by atoms with Crippen molar-refractivity contribution in [3.63, 3.8) is 0 Å². The number of carbonyl (C=O) groups excluding carboxylic acids is 1. The molecule has 0 spiro atoms. The first kappa shape index (κ1) is 14.1. The molecule has 1 aromatic carbocycles. The van der Waals surface area contributed by atoms with Crippen LogP contribution in [0.4, 0.5) is 23.7 Å². The molecule has 1 rings (SSSR count). The molecule has 0 aromatic heterocycles. The maximum atomic E-state index is 11.8. The zero-order chi connectivity index (χ0) is 13.1. The number of halogens is 5. The molecule has 17 heavy (non-hydrogen) atoms. The Balaban J connectivity index is 2.60. The molecule has 0 atom stereocenters. The van der Waals surface area contributed by atoms with E-state index in [4.69, 9.17) is 11.6 Å². The highest BCUT2D eigenvalue weighted by molar-refractivity contribution is 9.10. The fourth-order valence-electron chi connectivity index (χ4n) is 0.894. The van der Waals surface area contributed by atoms with Crippen LogP contribution in [0.25, 0.3) is 0 Å². The Bertz CT molecular complexity index is 425. The summed E-state index contributed by atoms with van der Waals surface area (Å²) in [6.45, 7) is -1.64. The number of rotatable bonds is 2. The van der Waals surface area contributed by atoms with E-state index in [0.29, 0.717) is 9.50 Å². The van der Waals surface area contributed by atoms with Crippen LogP contribution in [0.1, 0.15) is 0 Å². The van der Waals surface area contributed by atoms with E-state index >= 15 is 0 Å². The molecule has 8 heteroatoms. The van der Waals surface area contributed by atoms with Gasteiger partial charge >= 0.3 is 12.3 Å². The molecular weight excluding hydrogens is 326 g/mol. The summed E-state index contributed by atoms with van der Waals surface area (Å²) in [5, 5.41) is 2.45. The van der Waals surface area contributed by atoms with Gasteiger partial charge in [0.25, 0.3) is 0 Å². The van der Waals surface area contributed by atoms with E-state index < -0.39 is 18.9 Å². The van der Waals surface area contributed by atoms with Gasteiger partial charge in [0.05, 0.1) is 15.2 Å². The number of hydrogen-bond acceptors (Lipinski definition) is 2. The van der Waals surface area contributed by atoms with Crippen LogP contribution < -0.4 is 5.32 Å². The van der Waals surface area contributed by atoms with E-state index in [9.17, 15) is 18.0 Å². The topological polar surface area (TPSA) is 38.3 Å². The lowest BCUT2D eigenvalue weighted by atomic mass is 10.3. The normalized spacial score (nSPS) is 11.1. The van der Waals surface area contributed by atoms with Crippen molar-refractivity contribution in [3.05, 3.63) is 27.7 Å². The molecule has 94 valence electrons. The van der Waals surface area contributed by atoms with Crippen LogP contribution >= 0.6 is 27.5 Å². The smallest absolute Gasteiger partial charge is 0.422 e. The maximum absolute atomic E-state index is 11.8.